The first kappa shape index (κ1) is 15.6. The second-order valence-corrected chi connectivity index (χ2v) is 5.87. The number of hydrogen-bond donors (Lipinski definition) is 3. The van der Waals surface area contributed by atoms with E-state index < -0.39 is 0 Å². The van der Waals surface area contributed by atoms with Gasteiger partial charge < -0.3 is 16.0 Å². The van der Waals surface area contributed by atoms with Crippen LogP contribution < -0.4 is 11.1 Å². The Morgan fingerprint density at radius 1 is 1.00 bits per heavy atom. The van der Waals surface area contributed by atoms with Crippen LogP contribution in [0.3, 0.4) is 0 Å². The normalized spacial score (nSPS) is 11.0. The standard InChI is InChI=1S/C15H10Cl2N8/c16-7-2-1-3-8(17)10(7)13-23-11-14(21-6-22-15(11)25-13)24-12-9(18)4-19-5-20-12/h1-6H,18H2,(H2,19,20,21,22,23,24,25). The van der Waals surface area contributed by atoms with Gasteiger partial charge in [-0.15, -0.1) is 0 Å². The summed E-state index contributed by atoms with van der Waals surface area (Å²) in [6.07, 6.45) is 4.27. The van der Waals surface area contributed by atoms with Gasteiger partial charge in [-0.2, -0.15) is 0 Å². The van der Waals surface area contributed by atoms with Crippen LogP contribution in [0, 0.1) is 0 Å². The second kappa shape index (κ2) is 6.15. The number of nitrogens with two attached hydrogens (primary N) is 1. The van der Waals surface area contributed by atoms with Gasteiger partial charge in [-0.05, 0) is 12.1 Å². The zero-order valence-corrected chi connectivity index (χ0v) is 14.0. The lowest BCUT2D eigenvalue weighted by Crippen LogP contribution is -2.02. The van der Waals surface area contributed by atoms with Gasteiger partial charge in [-0.3, -0.25) is 0 Å². The maximum atomic E-state index is 6.25. The molecule has 0 aliphatic heterocycles. The van der Waals surface area contributed by atoms with Crippen molar-refractivity contribution in [2.75, 3.05) is 11.1 Å². The van der Waals surface area contributed by atoms with Gasteiger partial charge in [-0.25, -0.2) is 24.9 Å². The quantitative estimate of drug-likeness (QED) is 0.503. The van der Waals surface area contributed by atoms with Gasteiger partial charge in [0.05, 0.1) is 27.5 Å². The number of nitrogens with one attached hydrogen (secondary N) is 2. The van der Waals surface area contributed by atoms with Crippen molar-refractivity contribution in [3.63, 3.8) is 0 Å². The highest BCUT2D eigenvalue weighted by Crippen LogP contribution is 2.34. The van der Waals surface area contributed by atoms with Crippen molar-refractivity contribution in [3.8, 4) is 11.4 Å². The van der Waals surface area contributed by atoms with E-state index in [0.717, 1.165) is 0 Å². The molecule has 0 unspecified atom stereocenters. The smallest absolute Gasteiger partial charge is 0.183 e. The summed E-state index contributed by atoms with van der Waals surface area (Å²) in [7, 11) is 0. The number of benzene rings is 1. The fraction of sp³-hybridized carbons (Fsp3) is 0. The van der Waals surface area contributed by atoms with Crippen molar-refractivity contribution in [1.29, 1.82) is 0 Å². The summed E-state index contributed by atoms with van der Waals surface area (Å²) < 4.78 is 0. The molecule has 124 valence electrons. The van der Waals surface area contributed by atoms with Crippen molar-refractivity contribution in [3.05, 3.63) is 47.1 Å². The van der Waals surface area contributed by atoms with Gasteiger partial charge in [0.15, 0.2) is 17.3 Å². The molecule has 0 aliphatic carbocycles. The number of nitrogens with zero attached hydrogens (tertiary/aromatic N) is 5. The summed E-state index contributed by atoms with van der Waals surface area (Å²) in [4.78, 5) is 23.9. The highest BCUT2D eigenvalue weighted by Gasteiger charge is 2.16. The number of H-pyrrole nitrogens is 1. The van der Waals surface area contributed by atoms with Crippen molar-refractivity contribution in [2.24, 2.45) is 0 Å². The number of imidazole rings is 1. The number of fused-ring (bicyclic) bond motifs is 1. The Balaban J connectivity index is 1.83. The van der Waals surface area contributed by atoms with Gasteiger partial charge in [0.1, 0.15) is 24.0 Å². The molecule has 3 aromatic heterocycles. The maximum absolute atomic E-state index is 6.25. The van der Waals surface area contributed by atoms with Crippen LogP contribution in [-0.4, -0.2) is 29.9 Å². The molecule has 0 aliphatic rings. The Bertz CT molecular complexity index is 1060. The van der Waals surface area contributed by atoms with E-state index in [1.807, 2.05) is 0 Å². The molecule has 0 bridgehead atoms. The van der Waals surface area contributed by atoms with E-state index in [1.165, 1.54) is 18.9 Å². The molecular weight excluding hydrogens is 363 g/mol. The lowest BCUT2D eigenvalue weighted by molar-refractivity contribution is 1.15. The first-order valence-electron chi connectivity index (χ1n) is 7.11. The third-order valence-corrected chi connectivity index (χ3v) is 4.10. The number of rotatable bonds is 3. The predicted octanol–water partition coefficient (Wildman–Crippen LogP) is 3.44. The number of aromatic nitrogens is 6. The molecular formula is C15H10Cl2N8. The van der Waals surface area contributed by atoms with E-state index in [-0.39, 0.29) is 0 Å². The molecule has 0 radical (unpaired) electrons. The van der Waals surface area contributed by atoms with Crippen LogP contribution in [-0.2, 0) is 0 Å². The zero-order chi connectivity index (χ0) is 17.4. The van der Waals surface area contributed by atoms with E-state index in [4.69, 9.17) is 28.9 Å². The zero-order valence-electron chi connectivity index (χ0n) is 12.5. The van der Waals surface area contributed by atoms with Crippen LogP contribution in [0.5, 0.6) is 0 Å². The molecule has 4 rings (SSSR count). The summed E-state index contributed by atoms with van der Waals surface area (Å²) in [5, 5.41) is 4.01. The summed E-state index contributed by atoms with van der Waals surface area (Å²) >= 11 is 12.5. The van der Waals surface area contributed by atoms with Gasteiger partial charge in [0.2, 0.25) is 0 Å². The summed E-state index contributed by atoms with van der Waals surface area (Å²) in [6, 6.07) is 5.24. The van der Waals surface area contributed by atoms with Crippen LogP contribution in [0.1, 0.15) is 0 Å². The molecule has 0 amide bonds. The third kappa shape index (κ3) is 2.81. The number of anilines is 3. The van der Waals surface area contributed by atoms with Crippen LogP contribution in [0.25, 0.3) is 22.6 Å². The molecule has 0 atom stereocenters. The number of hydrogen-bond acceptors (Lipinski definition) is 7. The predicted molar refractivity (Wildman–Crippen MR) is 96.9 cm³/mol. The molecule has 4 aromatic rings. The first-order valence-corrected chi connectivity index (χ1v) is 7.86. The number of halogens is 2. The molecule has 0 spiro atoms. The lowest BCUT2D eigenvalue weighted by Gasteiger charge is -2.06. The van der Waals surface area contributed by atoms with Crippen LogP contribution in [0.15, 0.2) is 37.1 Å². The van der Waals surface area contributed by atoms with Gasteiger partial charge >= 0.3 is 0 Å². The van der Waals surface area contributed by atoms with E-state index in [9.17, 15) is 0 Å². The van der Waals surface area contributed by atoms with Crippen LogP contribution >= 0.6 is 23.2 Å². The molecule has 25 heavy (non-hydrogen) atoms. The topological polar surface area (TPSA) is 118 Å². The second-order valence-electron chi connectivity index (χ2n) is 5.05. The molecule has 0 fully saturated rings. The maximum Gasteiger partial charge on any atom is 0.183 e. The van der Waals surface area contributed by atoms with Gasteiger partial charge in [0, 0.05) is 0 Å². The molecule has 4 N–H and O–H groups in total. The van der Waals surface area contributed by atoms with Crippen molar-refractivity contribution < 1.29 is 0 Å². The minimum Gasteiger partial charge on any atom is -0.394 e. The molecule has 1 aromatic carbocycles. The van der Waals surface area contributed by atoms with Crippen LogP contribution in [0.2, 0.25) is 10.0 Å². The number of aromatic amines is 1. The molecule has 10 heteroatoms. The first-order chi connectivity index (χ1) is 12.1. The Hall–Kier alpha value is -2.97. The highest BCUT2D eigenvalue weighted by molar-refractivity contribution is 6.39. The summed E-state index contributed by atoms with van der Waals surface area (Å²) in [5.74, 6) is 1.39. The Labute approximate surface area is 151 Å². The van der Waals surface area contributed by atoms with Crippen LogP contribution in [0.4, 0.5) is 17.3 Å². The monoisotopic (exact) mass is 372 g/mol. The fourth-order valence-electron chi connectivity index (χ4n) is 2.32. The Morgan fingerprint density at radius 2 is 1.76 bits per heavy atom. The highest BCUT2D eigenvalue weighted by atomic mass is 35.5. The molecule has 0 saturated heterocycles. The third-order valence-electron chi connectivity index (χ3n) is 3.47. The fourth-order valence-corrected chi connectivity index (χ4v) is 2.90. The number of nitrogen functional groups attached to an aromatic ring is 1. The summed E-state index contributed by atoms with van der Waals surface area (Å²) in [5.41, 5.74) is 7.87. The van der Waals surface area contributed by atoms with Gasteiger partial charge in [0.25, 0.3) is 0 Å². The van der Waals surface area contributed by atoms with Crippen molar-refractivity contribution in [1.82, 2.24) is 29.9 Å². The van der Waals surface area contributed by atoms with Crippen molar-refractivity contribution >= 4 is 51.7 Å². The SMILES string of the molecule is Nc1cncnc1Nc1ncnc2nc(-c3c(Cl)cccc3Cl)[nH]c12. The van der Waals surface area contributed by atoms with Gasteiger partial charge in [-0.1, -0.05) is 29.3 Å². The van der Waals surface area contributed by atoms with Crippen molar-refractivity contribution in [2.45, 2.75) is 0 Å². The average molecular weight is 373 g/mol. The van der Waals surface area contributed by atoms with E-state index in [0.29, 0.717) is 49.9 Å². The van der Waals surface area contributed by atoms with E-state index >= 15 is 0 Å². The molecule has 8 nitrogen and oxygen atoms in total. The lowest BCUT2D eigenvalue weighted by atomic mass is 10.2. The Kier molecular flexibility index (Phi) is 3.83. The minimum atomic E-state index is 0.392. The Morgan fingerprint density at radius 3 is 2.52 bits per heavy atom. The largest absolute Gasteiger partial charge is 0.394 e. The molecule has 3 heterocycles. The van der Waals surface area contributed by atoms with E-state index in [2.05, 4.69) is 35.2 Å². The minimum absolute atomic E-state index is 0.392. The average Bonchev–Trinajstić information content (AvgIpc) is 3.01. The summed E-state index contributed by atoms with van der Waals surface area (Å²) in [6.45, 7) is 0. The molecule has 0 saturated carbocycles. The van der Waals surface area contributed by atoms with E-state index in [1.54, 1.807) is 18.2 Å².